The molecule has 5 nitrogen and oxygen atoms in total. The van der Waals surface area contributed by atoms with E-state index in [0.717, 1.165) is 38.9 Å². The van der Waals surface area contributed by atoms with Crippen molar-refractivity contribution in [2.24, 2.45) is 0 Å². The Labute approximate surface area is 278 Å². The van der Waals surface area contributed by atoms with Crippen molar-refractivity contribution in [2.75, 3.05) is 0 Å². The maximum atomic E-state index is 6.67. The van der Waals surface area contributed by atoms with Crippen LogP contribution in [-0.4, -0.2) is 18.9 Å². The Morgan fingerprint density at radius 2 is 1.16 bits per heavy atom. The van der Waals surface area contributed by atoms with E-state index in [2.05, 4.69) is 118 Å². The van der Waals surface area contributed by atoms with Gasteiger partial charge in [0, 0.05) is 43.3 Å². The summed E-state index contributed by atoms with van der Waals surface area (Å²) in [5.74, 6) is 1.40. The summed E-state index contributed by atoms with van der Waals surface area (Å²) >= 11 is 0. The largest absolute Gasteiger partial charge is 0.450 e. The molecule has 226 valence electrons. The molecule has 0 radical (unpaired) electrons. The summed E-state index contributed by atoms with van der Waals surface area (Å²) in [6.45, 7) is 0. The van der Waals surface area contributed by atoms with E-state index in [1.807, 2.05) is 36.4 Å². The average Bonchev–Trinajstić information content (AvgIpc) is 3.90. The number of furan rings is 1. The standard InChI is InChI=1S/C44H24N4O/c1-2-13-26(14-3-1)43-45-40-30-18-8-11-21-36(30)49-42(40)44(46-43)48-33-20-10-7-17-29(33)38-35(48)24-31-28-16-6-9-19-32(28)47-34-23-22-25-12-4-5-15-27(25)37(34)39(38)41(31)47/h1-24H. The second-order valence-electron chi connectivity index (χ2n) is 12.9. The number of rotatable bonds is 2. The lowest BCUT2D eigenvalue weighted by Crippen LogP contribution is -2.01. The van der Waals surface area contributed by atoms with Crippen LogP contribution in [-0.2, 0) is 0 Å². The fourth-order valence-corrected chi connectivity index (χ4v) is 8.45. The van der Waals surface area contributed by atoms with Crippen molar-refractivity contribution < 1.29 is 4.42 Å². The quantitative estimate of drug-likeness (QED) is 0.192. The molecule has 0 saturated carbocycles. The van der Waals surface area contributed by atoms with Crippen LogP contribution >= 0.6 is 0 Å². The average molecular weight is 625 g/mol. The summed E-state index contributed by atoms with van der Waals surface area (Å²) < 4.78 is 11.5. The number of para-hydroxylation sites is 3. The smallest absolute Gasteiger partial charge is 0.197 e. The number of hydrogen-bond acceptors (Lipinski definition) is 3. The molecule has 0 N–H and O–H groups in total. The summed E-state index contributed by atoms with van der Waals surface area (Å²) in [5.41, 5.74) is 9.09. The highest BCUT2D eigenvalue weighted by Gasteiger charge is 2.27. The molecule has 5 heteroatoms. The Morgan fingerprint density at radius 3 is 2.04 bits per heavy atom. The van der Waals surface area contributed by atoms with Crippen LogP contribution in [0.25, 0.3) is 110 Å². The molecule has 0 bridgehead atoms. The predicted molar refractivity (Wildman–Crippen MR) is 201 cm³/mol. The predicted octanol–water partition coefficient (Wildman–Crippen LogP) is 11.4. The van der Waals surface area contributed by atoms with Crippen molar-refractivity contribution in [1.29, 1.82) is 0 Å². The minimum Gasteiger partial charge on any atom is -0.450 e. The third-order valence-corrected chi connectivity index (χ3v) is 10.4. The molecule has 0 spiro atoms. The maximum absolute atomic E-state index is 6.67. The first-order chi connectivity index (χ1) is 24.3. The van der Waals surface area contributed by atoms with Crippen LogP contribution in [0.3, 0.4) is 0 Å². The van der Waals surface area contributed by atoms with Crippen molar-refractivity contribution in [3.63, 3.8) is 0 Å². The topological polar surface area (TPSA) is 48.3 Å². The van der Waals surface area contributed by atoms with Gasteiger partial charge in [0.25, 0.3) is 0 Å². The molecule has 0 amide bonds. The lowest BCUT2D eigenvalue weighted by molar-refractivity contribution is 0.662. The van der Waals surface area contributed by atoms with Crippen LogP contribution in [0.5, 0.6) is 0 Å². The number of hydrogen-bond donors (Lipinski definition) is 0. The molecule has 0 fully saturated rings. The van der Waals surface area contributed by atoms with Crippen LogP contribution in [0.1, 0.15) is 0 Å². The highest BCUT2D eigenvalue weighted by Crippen LogP contribution is 2.48. The molecule has 0 aliphatic heterocycles. The molecule has 0 aliphatic carbocycles. The van der Waals surface area contributed by atoms with Crippen LogP contribution < -0.4 is 0 Å². The first kappa shape index (κ1) is 25.4. The molecule has 0 atom stereocenters. The fourth-order valence-electron chi connectivity index (χ4n) is 8.45. The van der Waals surface area contributed by atoms with Gasteiger partial charge >= 0.3 is 0 Å². The second kappa shape index (κ2) is 9.00. The van der Waals surface area contributed by atoms with E-state index in [4.69, 9.17) is 14.4 Å². The number of benzene rings is 7. The Bertz CT molecular complexity index is 3330. The van der Waals surface area contributed by atoms with Gasteiger partial charge in [-0.2, -0.15) is 0 Å². The number of aromatic nitrogens is 4. The molecule has 12 rings (SSSR count). The van der Waals surface area contributed by atoms with Crippen LogP contribution in [0.2, 0.25) is 0 Å². The van der Waals surface area contributed by atoms with Gasteiger partial charge in [0.05, 0.1) is 27.6 Å². The fraction of sp³-hybridized carbons (Fsp3) is 0. The lowest BCUT2D eigenvalue weighted by atomic mass is 9.98. The maximum Gasteiger partial charge on any atom is 0.197 e. The second-order valence-corrected chi connectivity index (χ2v) is 12.9. The third kappa shape index (κ3) is 3.15. The molecule has 0 aliphatic rings. The van der Waals surface area contributed by atoms with Gasteiger partial charge < -0.3 is 8.82 Å². The van der Waals surface area contributed by atoms with Crippen molar-refractivity contribution in [3.8, 4) is 17.2 Å². The van der Waals surface area contributed by atoms with Gasteiger partial charge in [0.1, 0.15) is 11.1 Å². The molecule has 5 aromatic heterocycles. The molecule has 49 heavy (non-hydrogen) atoms. The molecular formula is C44H24N4O. The van der Waals surface area contributed by atoms with Gasteiger partial charge in [-0.25, -0.2) is 9.97 Å². The van der Waals surface area contributed by atoms with Gasteiger partial charge in [0.15, 0.2) is 17.2 Å². The zero-order chi connectivity index (χ0) is 31.8. The van der Waals surface area contributed by atoms with Gasteiger partial charge in [-0.15, -0.1) is 0 Å². The Balaban J connectivity index is 1.36. The van der Waals surface area contributed by atoms with E-state index in [9.17, 15) is 0 Å². The molecule has 7 aromatic carbocycles. The Kier molecular flexibility index (Phi) is 4.66. The van der Waals surface area contributed by atoms with E-state index < -0.39 is 0 Å². The van der Waals surface area contributed by atoms with Gasteiger partial charge in [-0.05, 0) is 47.2 Å². The zero-order valence-electron chi connectivity index (χ0n) is 26.1. The minimum atomic E-state index is 0.666. The molecule has 0 unspecified atom stereocenters. The lowest BCUT2D eigenvalue weighted by Gasteiger charge is -2.10. The van der Waals surface area contributed by atoms with Crippen molar-refractivity contribution in [2.45, 2.75) is 0 Å². The number of fused-ring (bicyclic) bond motifs is 15. The van der Waals surface area contributed by atoms with Gasteiger partial charge in [0.2, 0.25) is 0 Å². The number of nitrogens with zero attached hydrogens (tertiary/aromatic N) is 4. The van der Waals surface area contributed by atoms with E-state index in [-0.39, 0.29) is 0 Å². The zero-order valence-corrected chi connectivity index (χ0v) is 26.1. The molecule has 12 aromatic rings. The summed E-state index contributed by atoms with van der Waals surface area (Å²) in [5, 5.41) is 10.9. The third-order valence-electron chi connectivity index (χ3n) is 10.4. The highest BCUT2D eigenvalue weighted by molar-refractivity contribution is 6.39. The minimum absolute atomic E-state index is 0.666. The monoisotopic (exact) mass is 624 g/mol. The van der Waals surface area contributed by atoms with E-state index in [1.165, 1.54) is 59.6 Å². The van der Waals surface area contributed by atoms with Crippen molar-refractivity contribution >= 4 is 92.7 Å². The SMILES string of the molecule is c1ccc(-c2nc(-n3c4ccccc4c4c5c6c7ccccc7ccc6n6c7ccccc7c(cc43)c56)c3oc4ccccc4c3n2)cc1. The molecule has 0 saturated heterocycles. The van der Waals surface area contributed by atoms with Crippen LogP contribution in [0, 0.1) is 0 Å². The van der Waals surface area contributed by atoms with Crippen molar-refractivity contribution in [3.05, 3.63) is 146 Å². The van der Waals surface area contributed by atoms with E-state index in [1.54, 1.807) is 0 Å². The van der Waals surface area contributed by atoms with Crippen LogP contribution in [0.4, 0.5) is 0 Å². The first-order valence-corrected chi connectivity index (χ1v) is 16.6. The van der Waals surface area contributed by atoms with Gasteiger partial charge in [-0.1, -0.05) is 109 Å². The first-order valence-electron chi connectivity index (χ1n) is 16.6. The van der Waals surface area contributed by atoms with E-state index >= 15 is 0 Å². The van der Waals surface area contributed by atoms with E-state index in [0.29, 0.717) is 11.4 Å². The summed E-state index contributed by atoms with van der Waals surface area (Å²) in [7, 11) is 0. The Morgan fingerprint density at radius 1 is 0.469 bits per heavy atom. The highest BCUT2D eigenvalue weighted by atomic mass is 16.3. The molecular weight excluding hydrogens is 601 g/mol. The van der Waals surface area contributed by atoms with Crippen molar-refractivity contribution in [1.82, 2.24) is 18.9 Å². The molecule has 5 heterocycles. The summed E-state index contributed by atoms with van der Waals surface area (Å²) in [4.78, 5) is 10.5. The normalized spacial score (nSPS) is 12.5. The Hall–Kier alpha value is -6.72. The van der Waals surface area contributed by atoms with Gasteiger partial charge in [-0.3, -0.25) is 4.57 Å². The van der Waals surface area contributed by atoms with Crippen LogP contribution in [0.15, 0.2) is 150 Å². The summed E-state index contributed by atoms with van der Waals surface area (Å²) in [6.07, 6.45) is 0. The summed E-state index contributed by atoms with van der Waals surface area (Å²) in [6, 6.07) is 51.5.